The maximum atomic E-state index is 5.20. The molecular formula is C13H27IN4. The molecule has 0 aromatic rings. The molecule has 0 aliphatic rings. The molecule has 0 saturated carbocycles. The van der Waals surface area contributed by atoms with Gasteiger partial charge in [-0.15, -0.1) is 30.4 Å². The number of likely N-dealkylation sites (N-methyl/N-ethyl adjacent to an activating group) is 1. The predicted octanol–water partition coefficient (Wildman–Crippen LogP) is 1.52. The summed E-state index contributed by atoms with van der Waals surface area (Å²) in [5, 5.41) is 6.23. The molecule has 0 amide bonds. The first kappa shape index (κ1) is 19.9. The van der Waals surface area contributed by atoms with E-state index in [1.165, 1.54) is 12.8 Å². The van der Waals surface area contributed by atoms with Gasteiger partial charge < -0.3 is 15.5 Å². The van der Waals surface area contributed by atoms with Gasteiger partial charge in [-0.05, 0) is 26.9 Å². The highest BCUT2D eigenvalue weighted by atomic mass is 127. The number of aliphatic imine (C=N–C) groups is 1. The molecule has 0 spiro atoms. The van der Waals surface area contributed by atoms with Crippen LogP contribution in [0.4, 0.5) is 0 Å². The fourth-order valence-corrected chi connectivity index (χ4v) is 1.35. The van der Waals surface area contributed by atoms with Gasteiger partial charge in [0.1, 0.15) is 0 Å². The van der Waals surface area contributed by atoms with Gasteiger partial charge in [-0.2, -0.15) is 0 Å². The maximum Gasteiger partial charge on any atom is 0.192 e. The molecule has 0 atom stereocenters. The first-order valence-corrected chi connectivity index (χ1v) is 6.38. The van der Waals surface area contributed by atoms with Gasteiger partial charge in [0.15, 0.2) is 5.96 Å². The van der Waals surface area contributed by atoms with E-state index in [2.05, 4.69) is 40.4 Å². The second-order valence-corrected chi connectivity index (χ2v) is 3.98. The summed E-state index contributed by atoms with van der Waals surface area (Å²) >= 11 is 0. The van der Waals surface area contributed by atoms with Crippen molar-refractivity contribution in [1.82, 2.24) is 15.5 Å². The van der Waals surface area contributed by atoms with Crippen LogP contribution in [0.5, 0.6) is 0 Å². The normalized spacial score (nSPS) is 10.7. The van der Waals surface area contributed by atoms with Crippen LogP contribution in [0, 0.1) is 12.3 Å². The highest BCUT2D eigenvalue weighted by molar-refractivity contribution is 14.0. The predicted molar refractivity (Wildman–Crippen MR) is 90.6 cm³/mol. The Kier molecular flexibility index (Phi) is 16.1. The summed E-state index contributed by atoms with van der Waals surface area (Å²) in [7, 11) is 2.13. The van der Waals surface area contributed by atoms with E-state index in [1.807, 2.05) is 6.92 Å². The van der Waals surface area contributed by atoms with E-state index in [0.717, 1.165) is 32.1 Å². The largest absolute Gasteiger partial charge is 0.357 e. The van der Waals surface area contributed by atoms with Crippen molar-refractivity contribution in [3.05, 3.63) is 0 Å². The number of halogens is 1. The number of nitrogens with zero attached hydrogens (tertiary/aromatic N) is 2. The lowest BCUT2D eigenvalue weighted by Crippen LogP contribution is -2.38. The van der Waals surface area contributed by atoms with Gasteiger partial charge in [0, 0.05) is 13.1 Å². The molecule has 4 nitrogen and oxygen atoms in total. The molecule has 0 aromatic heterocycles. The Labute approximate surface area is 129 Å². The lowest BCUT2D eigenvalue weighted by Gasteiger charge is -2.15. The number of rotatable bonds is 8. The molecule has 5 heteroatoms. The molecule has 0 heterocycles. The summed E-state index contributed by atoms with van der Waals surface area (Å²) in [5.41, 5.74) is 0. The minimum Gasteiger partial charge on any atom is -0.357 e. The molecule has 0 unspecified atom stereocenters. The number of unbranched alkanes of at least 4 members (excludes halogenated alkanes) is 1. The van der Waals surface area contributed by atoms with Crippen molar-refractivity contribution < 1.29 is 0 Å². The molecule has 0 radical (unpaired) electrons. The van der Waals surface area contributed by atoms with Crippen molar-refractivity contribution in [1.29, 1.82) is 0 Å². The first-order valence-electron chi connectivity index (χ1n) is 6.38. The number of terminal acetylenes is 1. The number of guanidine groups is 1. The Balaban J connectivity index is 0. The van der Waals surface area contributed by atoms with Gasteiger partial charge in [0.25, 0.3) is 0 Å². The van der Waals surface area contributed by atoms with Crippen LogP contribution >= 0.6 is 24.0 Å². The Bertz CT molecular complexity index is 248. The molecule has 0 aliphatic heterocycles. The van der Waals surface area contributed by atoms with Crippen LogP contribution in [0.2, 0.25) is 0 Å². The topological polar surface area (TPSA) is 39.7 Å². The zero-order chi connectivity index (χ0) is 12.9. The van der Waals surface area contributed by atoms with Crippen molar-refractivity contribution in [2.45, 2.75) is 26.7 Å². The second-order valence-electron chi connectivity index (χ2n) is 3.98. The van der Waals surface area contributed by atoms with Gasteiger partial charge >= 0.3 is 0 Å². The standard InChI is InChI=1S/C13H26N4.HI/c1-5-8-11-17(4)12-10-16-13(14-7-3)15-9-6-2;/h2H,5,7-12H2,1,3-4H3,(H2,14,15,16);1H. The van der Waals surface area contributed by atoms with Crippen LogP contribution in [-0.2, 0) is 0 Å². The molecule has 0 saturated heterocycles. The molecule has 0 aliphatic carbocycles. The lowest BCUT2D eigenvalue weighted by molar-refractivity contribution is 0.337. The third kappa shape index (κ3) is 12.0. The van der Waals surface area contributed by atoms with Crippen molar-refractivity contribution in [3.63, 3.8) is 0 Å². The zero-order valence-electron chi connectivity index (χ0n) is 11.8. The van der Waals surface area contributed by atoms with Crippen molar-refractivity contribution in [2.24, 2.45) is 4.99 Å². The third-order valence-electron chi connectivity index (χ3n) is 2.35. The van der Waals surface area contributed by atoms with Crippen molar-refractivity contribution in [3.8, 4) is 12.3 Å². The van der Waals surface area contributed by atoms with Gasteiger partial charge in [0.2, 0.25) is 0 Å². The molecule has 18 heavy (non-hydrogen) atoms. The van der Waals surface area contributed by atoms with Crippen LogP contribution in [-0.4, -0.2) is 50.6 Å². The molecule has 0 rings (SSSR count). The maximum absolute atomic E-state index is 5.20. The van der Waals surface area contributed by atoms with E-state index in [4.69, 9.17) is 6.42 Å². The summed E-state index contributed by atoms with van der Waals surface area (Å²) < 4.78 is 0. The highest BCUT2D eigenvalue weighted by Crippen LogP contribution is 1.91. The zero-order valence-corrected chi connectivity index (χ0v) is 14.2. The highest BCUT2D eigenvalue weighted by Gasteiger charge is 1.98. The molecule has 106 valence electrons. The fraction of sp³-hybridized carbons (Fsp3) is 0.769. The van der Waals surface area contributed by atoms with Gasteiger partial charge in [0.05, 0.1) is 13.1 Å². The van der Waals surface area contributed by atoms with E-state index >= 15 is 0 Å². The minimum absolute atomic E-state index is 0. The van der Waals surface area contributed by atoms with Crippen LogP contribution in [0.15, 0.2) is 4.99 Å². The molecule has 0 bridgehead atoms. The molecular weight excluding hydrogens is 339 g/mol. The van der Waals surface area contributed by atoms with Gasteiger partial charge in [-0.3, -0.25) is 4.99 Å². The second kappa shape index (κ2) is 14.6. The van der Waals surface area contributed by atoms with Crippen molar-refractivity contribution >= 4 is 29.9 Å². The minimum atomic E-state index is 0. The average Bonchev–Trinajstić information content (AvgIpc) is 2.33. The van der Waals surface area contributed by atoms with Crippen LogP contribution in [0.25, 0.3) is 0 Å². The van der Waals surface area contributed by atoms with E-state index in [9.17, 15) is 0 Å². The van der Waals surface area contributed by atoms with E-state index in [-0.39, 0.29) is 24.0 Å². The van der Waals surface area contributed by atoms with Crippen LogP contribution in [0.1, 0.15) is 26.7 Å². The summed E-state index contributed by atoms with van der Waals surface area (Å²) in [5.74, 6) is 3.34. The molecule has 2 N–H and O–H groups in total. The third-order valence-corrected chi connectivity index (χ3v) is 2.35. The van der Waals surface area contributed by atoms with Crippen molar-refractivity contribution in [2.75, 3.05) is 39.8 Å². The Morgan fingerprint density at radius 2 is 2.00 bits per heavy atom. The smallest absolute Gasteiger partial charge is 0.192 e. The van der Waals surface area contributed by atoms with Gasteiger partial charge in [-0.1, -0.05) is 19.3 Å². The van der Waals surface area contributed by atoms with E-state index in [0.29, 0.717) is 6.54 Å². The average molecular weight is 366 g/mol. The lowest BCUT2D eigenvalue weighted by atomic mass is 10.3. The molecule has 0 aromatic carbocycles. The quantitative estimate of drug-likeness (QED) is 0.296. The summed E-state index contributed by atoms with van der Waals surface area (Å²) in [4.78, 5) is 6.76. The van der Waals surface area contributed by atoms with Crippen LogP contribution in [0.3, 0.4) is 0 Å². The van der Waals surface area contributed by atoms with E-state index < -0.39 is 0 Å². The SMILES string of the molecule is C#CCNC(=NCCN(C)CCCC)NCC.I. The number of hydrogen-bond acceptors (Lipinski definition) is 2. The first-order chi connectivity index (χ1) is 8.24. The monoisotopic (exact) mass is 366 g/mol. The number of nitrogens with one attached hydrogen (secondary N) is 2. The van der Waals surface area contributed by atoms with E-state index in [1.54, 1.807) is 0 Å². The Morgan fingerprint density at radius 1 is 1.28 bits per heavy atom. The Hall–Kier alpha value is -0.480. The summed E-state index contributed by atoms with van der Waals surface area (Å²) in [6, 6.07) is 0. The molecule has 0 fully saturated rings. The number of hydrogen-bond donors (Lipinski definition) is 2. The van der Waals surface area contributed by atoms with Gasteiger partial charge in [-0.25, -0.2) is 0 Å². The Morgan fingerprint density at radius 3 is 2.56 bits per heavy atom. The summed E-state index contributed by atoms with van der Waals surface area (Å²) in [6.45, 7) is 8.52. The van der Waals surface area contributed by atoms with Crippen LogP contribution < -0.4 is 10.6 Å². The summed E-state index contributed by atoms with van der Waals surface area (Å²) in [6.07, 6.45) is 7.68. The fourth-order valence-electron chi connectivity index (χ4n) is 1.35.